The van der Waals surface area contributed by atoms with Crippen LogP contribution < -0.4 is 11.5 Å². The Bertz CT molecular complexity index is 357. The van der Waals surface area contributed by atoms with Crippen LogP contribution in [0, 0.1) is 5.82 Å². The summed E-state index contributed by atoms with van der Waals surface area (Å²) in [5, 5.41) is 0. The molecule has 0 unspecified atom stereocenters. The van der Waals surface area contributed by atoms with E-state index in [1.165, 1.54) is 12.1 Å². The van der Waals surface area contributed by atoms with Gasteiger partial charge in [0.25, 0.3) is 0 Å². The highest BCUT2D eigenvalue weighted by Gasteiger charge is 2.10. The van der Waals surface area contributed by atoms with E-state index in [2.05, 4.69) is 15.9 Å². The zero-order chi connectivity index (χ0) is 10.7. The number of carbonyl (C=O) groups excluding carboxylic acids is 1. The first-order valence-electron chi connectivity index (χ1n) is 3.99. The Hall–Kier alpha value is -0.940. The Balaban J connectivity index is 2.85. The third-order valence-electron chi connectivity index (χ3n) is 1.79. The van der Waals surface area contributed by atoms with Gasteiger partial charge in [-0.1, -0.05) is 6.07 Å². The minimum absolute atomic E-state index is 0.0536. The lowest BCUT2D eigenvalue weighted by molar-refractivity contribution is -0.118. The molecule has 0 aliphatic carbocycles. The lowest BCUT2D eigenvalue weighted by Gasteiger charge is -2.10. The fourth-order valence-corrected chi connectivity index (χ4v) is 1.47. The van der Waals surface area contributed by atoms with Gasteiger partial charge in [0, 0.05) is 12.5 Å². The molecule has 0 radical (unpaired) electrons. The number of hydrogen-bond acceptors (Lipinski definition) is 2. The molecule has 3 nitrogen and oxygen atoms in total. The first kappa shape index (κ1) is 11.1. The zero-order valence-corrected chi connectivity index (χ0v) is 8.92. The number of benzene rings is 1. The molecular formula is C9H10BrFN2O. The van der Waals surface area contributed by atoms with Crippen molar-refractivity contribution in [1.82, 2.24) is 0 Å². The van der Waals surface area contributed by atoms with Crippen molar-refractivity contribution in [3.05, 3.63) is 34.1 Å². The topological polar surface area (TPSA) is 69.1 Å². The average molecular weight is 261 g/mol. The summed E-state index contributed by atoms with van der Waals surface area (Å²) in [6, 6.07) is 3.89. The van der Waals surface area contributed by atoms with Gasteiger partial charge in [0.1, 0.15) is 5.82 Å². The summed E-state index contributed by atoms with van der Waals surface area (Å²) in [7, 11) is 0. The van der Waals surface area contributed by atoms with Crippen LogP contribution in [0.15, 0.2) is 22.7 Å². The monoisotopic (exact) mass is 260 g/mol. The SMILES string of the molecule is NC(=O)C[C@@H](N)c1ccc(F)c(Br)c1. The van der Waals surface area contributed by atoms with E-state index < -0.39 is 11.9 Å². The number of primary amides is 1. The zero-order valence-electron chi connectivity index (χ0n) is 7.34. The van der Waals surface area contributed by atoms with Crippen LogP contribution >= 0.6 is 15.9 Å². The van der Waals surface area contributed by atoms with Crippen molar-refractivity contribution in [2.75, 3.05) is 0 Å². The van der Waals surface area contributed by atoms with Crippen molar-refractivity contribution in [3.63, 3.8) is 0 Å². The average Bonchev–Trinajstić information content (AvgIpc) is 2.08. The van der Waals surface area contributed by atoms with Crippen LogP contribution in [0.5, 0.6) is 0 Å². The Labute approximate surface area is 89.4 Å². The molecular weight excluding hydrogens is 251 g/mol. The van der Waals surface area contributed by atoms with Crippen molar-refractivity contribution in [2.45, 2.75) is 12.5 Å². The summed E-state index contributed by atoms with van der Waals surface area (Å²) in [4.78, 5) is 10.6. The van der Waals surface area contributed by atoms with Gasteiger partial charge in [0.15, 0.2) is 0 Å². The van der Waals surface area contributed by atoms with E-state index in [0.717, 1.165) is 0 Å². The van der Waals surface area contributed by atoms with Gasteiger partial charge in [-0.05, 0) is 33.6 Å². The third-order valence-corrected chi connectivity index (χ3v) is 2.40. The molecule has 0 spiro atoms. The van der Waals surface area contributed by atoms with Crippen LogP contribution in [0.2, 0.25) is 0 Å². The maximum atomic E-state index is 12.8. The van der Waals surface area contributed by atoms with Crippen LogP contribution in [0.3, 0.4) is 0 Å². The third kappa shape index (κ3) is 2.78. The molecule has 0 aliphatic rings. The fourth-order valence-electron chi connectivity index (χ4n) is 1.08. The largest absolute Gasteiger partial charge is 0.370 e. The van der Waals surface area contributed by atoms with E-state index in [4.69, 9.17) is 11.5 Å². The molecule has 1 atom stereocenters. The van der Waals surface area contributed by atoms with Crippen molar-refractivity contribution < 1.29 is 9.18 Å². The lowest BCUT2D eigenvalue weighted by Crippen LogP contribution is -2.20. The number of nitrogens with two attached hydrogens (primary N) is 2. The summed E-state index contributed by atoms with van der Waals surface area (Å²) < 4.78 is 13.2. The number of carbonyl (C=O) groups is 1. The molecule has 1 rings (SSSR count). The van der Waals surface area contributed by atoms with Crippen LogP contribution in [-0.4, -0.2) is 5.91 Å². The highest BCUT2D eigenvalue weighted by Crippen LogP contribution is 2.21. The summed E-state index contributed by atoms with van der Waals surface area (Å²) >= 11 is 3.03. The van der Waals surface area contributed by atoms with E-state index >= 15 is 0 Å². The fraction of sp³-hybridized carbons (Fsp3) is 0.222. The van der Waals surface area contributed by atoms with E-state index in [1.54, 1.807) is 6.07 Å². The molecule has 0 saturated carbocycles. The standard InChI is InChI=1S/C9H10BrFN2O/c10-6-3-5(1-2-7(6)11)8(12)4-9(13)14/h1-3,8H,4,12H2,(H2,13,14)/t8-/m1/s1. The minimum Gasteiger partial charge on any atom is -0.370 e. The Morgan fingerprint density at radius 1 is 1.57 bits per heavy atom. The molecule has 1 amide bonds. The smallest absolute Gasteiger partial charge is 0.219 e. The number of rotatable bonds is 3. The second kappa shape index (κ2) is 4.52. The van der Waals surface area contributed by atoms with Crippen LogP contribution in [0.25, 0.3) is 0 Å². The van der Waals surface area contributed by atoms with Crippen molar-refractivity contribution >= 4 is 21.8 Å². The minimum atomic E-state index is -0.482. The maximum Gasteiger partial charge on any atom is 0.219 e. The van der Waals surface area contributed by atoms with Gasteiger partial charge < -0.3 is 11.5 Å². The predicted molar refractivity (Wildman–Crippen MR) is 54.8 cm³/mol. The first-order chi connectivity index (χ1) is 6.50. The van der Waals surface area contributed by atoms with Gasteiger partial charge in [-0.15, -0.1) is 0 Å². The van der Waals surface area contributed by atoms with Gasteiger partial charge in [0.05, 0.1) is 4.47 Å². The molecule has 76 valence electrons. The quantitative estimate of drug-likeness (QED) is 0.864. The molecule has 0 saturated heterocycles. The molecule has 1 aromatic rings. The molecule has 0 aliphatic heterocycles. The molecule has 14 heavy (non-hydrogen) atoms. The lowest BCUT2D eigenvalue weighted by atomic mass is 10.0. The van der Waals surface area contributed by atoms with Crippen molar-refractivity contribution in [2.24, 2.45) is 11.5 Å². The van der Waals surface area contributed by atoms with Gasteiger partial charge in [-0.3, -0.25) is 4.79 Å². The van der Waals surface area contributed by atoms with Crippen LogP contribution in [0.1, 0.15) is 18.0 Å². The Morgan fingerprint density at radius 2 is 2.21 bits per heavy atom. The molecule has 0 bridgehead atoms. The highest BCUT2D eigenvalue weighted by atomic mass is 79.9. The Morgan fingerprint density at radius 3 is 2.71 bits per heavy atom. The van der Waals surface area contributed by atoms with E-state index in [9.17, 15) is 9.18 Å². The van der Waals surface area contributed by atoms with Crippen LogP contribution in [0.4, 0.5) is 4.39 Å². The van der Waals surface area contributed by atoms with E-state index in [1.807, 2.05) is 0 Å². The van der Waals surface area contributed by atoms with E-state index in [-0.39, 0.29) is 12.2 Å². The maximum absolute atomic E-state index is 12.8. The summed E-state index contributed by atoms with van der Waals surface area (Å²) in [6.45, 7) is 0. The summed E-state index contributed by atoms with van der Waals surface area (Å²) in [5.74, 6) is -0.835. The second-order valence-corrected chi connectivity index (χ2v) is 3.80. The number of hydrogen-bond donors (Lipinski definition) is 2. The highest BCUT2D eigenvalue weighted by molar-refractivity contribution is 9.10. The summed E-state index contributed by atoms with van der Waals surface area (Å²) in [5.41, 5.74) is 11.3. The normalized spacial score (nSPS) is 12.5. The molecule has 0 fully saturated rings. The summed E-state index contributed by atoms with van der Waals surface area (Å²) in [6.07, 6.45) is 0.0536. The van der Waals surface area contributed by atoms with Gasteiger partial charge >= 0.3 is 0 Å². The molecule has 5 heteroatoms. The predicted octanol–water partition coefficient (Wildman–Crippen LogP) is 1.46. The molecule has 4 N–H and O–H groups in total. The number of halogens is 2. The second-order valence-electron chi connectivity index (χ2n) is 2.95. The van der Waals surface area contributed by atoms with Crippen molar-refractivity contribution in [1.29, 1.82) is 0 Å². The van der Waals surface area contributed by atoms with Gasteiger partial charge in [-0.25, -0.2) is 4.39 Å². The first-order valence-corrected chi connectivity index (χ1v) is 4.79. The van der Waals surface area contributed by atoms with Crippen molar-refractivity contribution in [3.8, 4) is 0 Å². The molecule has 0 heterocycles. The van der Waals surface area contributed by atoms with Crippen LogP contribution in [-0.2, 0) is 4.79 Å². The molecule has 0 aromatic heterocycles. The van der Waals surface area contributed by atoms with E-state index in [0.29, 0.717) is 10.0 Å². The molecule has 1 aromatic carbocycles. The Kier molecular flexibility index (Phi) is 3.60. The van der Waals surface area contributed by atoms with Gasteiger partial charge in [0.2, 0.25) is 5.91 Å². The number of amides is 1. The van der Waals surface area contributed by atoms with Gasteiger partial charge in [-0.2, -0.15) is 0 Å².